The Morgan fingerprint density at radius 2 is 2.03 bits per heavy atom. The number of amides is 2. The Bertz CT molecular complexity index is 919. The molecule has 0 saturated carbocycles. The second kappa shape index (κ2) is 9.68. The molecule has 1 aliphatic heterocycles. The number of carboxylic acid groups (broad SMARTS) is 1. The summed E-state index contributed by atoms with van der Waals surface area (Å²) < 4.78 is 6.36. The van der Waals surface area contributed by atoms with Crippen molar-refractivity contribution in [2.75, 3.05) is 25.5 Å². The van der Waals surface area contributed by atoms with E-state index in [1.165, 1.54) is 11.9 Å². The van der Waals surface area contributed by atoms with Gasteiger partial charge in [0.25, 0.3) is 5.91 Å². The maximum absolute atomic E-state index is 13.3. The minimum atomic E-state index is -1.01. The Kier molecular flexibility index (Phi) is 6.99. The van der Waals surface area contributed by atoms with Gasteiger partial charge in [0.05, 0.1) is 17.8 Å². The molecule has 3 rings (SSSR count). The van der Waals surface area contributed by atoms with Gasteiger partial charge in [0.2, 0.25) is 0 Å². The van der Waals surface area contributed by atoms with Crippen LogP contribution in [-0.2, 0) is 6.54 Å². The normalized spacial score (nSPS) is 18.6. The van der Waals surface area contributed by atoms with E-state index >= 15 is 0 Å². The lowest BCUT2D eigenvalue weighted by Crippen LogP contribution is -2.49. The van der Waals surface area contributed by atoms with Crippen molar-refractivity contribution in [2.24, 2.45) is 5.92 Å². The predicted molar refractivity (Wildman–Crippen MR) is 118 cm³/mol. The van der Waals surface area contributed by atoms with Crippen LogP contribution in [0, 0.1) is 5.92 Å². The van der Waals surface area contributed by atoms with Gasteiger partial charge in [-0.15, -0.1) is 0 Å². The van der Waals surface area contributed by atoms with Gasteiger partial charge in [0, 0.05) is 44.5 Å². The van der Waals surface area contributed by atoms with E-state index in [2.05, 4.69) is 10.3 Å². The maximum atomic E-state index is 13.3. The first-order valence-electron chi connectivity index (χ1n) is 10.5. The van der Waals surface area contributed by atoms with Crippen LogP contribution in [0.5, 0.6) is 5.75 Å². The second-order valence-electron chi connectivity index (χ2n) is 8.24. The van der Waals surface area contributed by atoms with E-state index in [4.69, 9.17) is 4.74 Å². The molecule has 2 heterocycles. The minimum absolute atomic E-state index is 0.00666. The lowest BCUT2D eigenvalue weighted by atomic mass is 9.99. The fraction of sp³-hybridized carbons (Fsp3) is 0.435. The number of ether oxygens (including phenoxy) is 1. The van der Waals surface area contributed by atoms with Gasteiger partial charge in [-0.2, -0.15) is 0 Å². The van der Waals surface area contributed by atoms with Gasteiger partial charge in [0.1, 0.15) is 6.10 Å². The summed E-state index contributed by atoms with van der Waals surface area (Å²) >= 11 is 0. The van der Waals surface area contributed by atoms with Gasteiger partial charge in [0.15, 0.2) is 5.75 Å². The summed E-state index contributed by atoms with van der Waals surface area (Å²) in [5.41, 5.74) is 2.22. The zero-order chi connectivity index (χ0) is 22.5. The van der Waals surface area contributed by atoms with E-state index in [1.807, 2.05) is 49.9 Å². The van der Waals surface area contributed by atoms with Crippen molar-refractivity contribution in [3.63, 3.8) is 0 Å². The smallest absolute Gasteiger partial charge is 0.407 e. The summed E-state index contributed by atoms with van der Waals surface area (Å²) in [6.07, 6.45) is 2.04. The number of hydrogen-bond acceptors (Lipinski definition) is 5. The van der Waals surface area contributed by atoms with Gasteiger partial charge in [-0.25, -0.2) is 4.79 Å². The third-order valence-electron chi connectivity index (χ3n) is 5.53. The fourth-order valence-electron chi connectivity index (χ4n) is 3.61. The number of rotatable bonds is 6. The molecule has 0 unspecified atom stereocenters. The van der Waals surface area contributed by atoms with Crippen molar-refractivity contribution in [3.05, 3.63) is 53.9 Å². The molecule has 1 aliphatic rings. The molecular formula is C23H30N4O4. The number of para-hydroxylation sites is 1. The molecule has 0 fully saturated rings. The zero-order valence-electron chi connectivity index (χ0n) is 18.4. The van der Waals surface area contributed by atoms with E-state index in [-0.39, 0.29) is 24.4 Å². The molecule has 166 valence electrons. The molecule has 2 amide bonds. The standard InChI is InChI=1S/C23H30N4O4/c1-15(2)27-13-16(3)20(14-26(4)23(29)30)31-21-18(22(27)28)6-5-7-19(21)25-12-17-8-10-24-11-9-17/h5-11,15-16,20,25H,12-14H2,1-4H3,(H,29,30)/t16-,20+/m0/s1. The highest BCUT2D eigenvalue weighted by atomic mass is 16.5. The van der Waals surface area contributed by atoms with Crippen LogP contribution in [0.4, 0.5) is 10.5 Å². The lowest BCUT2D eigenvalue weighted by molar-refractivity contribution is 0.0437. The second-order valence-corrected chi connectivity index (χ2v) is 8.24. The monoisotopic (exact) mass is 426 g/mol. The summed E-state index contributed by atoms with van der Waals surface area (Å²) in [5, 5.41) is 12.7. The van der Waals surface area contributed by atoms with Crippen molar-refractivity contribution in [1.82, 2.24) is 14.8 Å². The third-order valence-corrected chi connectivity index (χ3v) is 5.53. The summed E-state index contributed by atoms with van der Waals surface area (Å²) in [6, 6.07) is 9.30. The van der Waals surface area contributed by atoms with Gasteiger partial charge < -0.3 is 25.0 Å². The molecule has 31 heavy (non-hydrogen) atoms. The van der Waals surface area contributed by atoms with Crippen LogP contribution in [0.25, 0.3) is 0 Å². The van der Waals surface area contributed by atoms with Crippen LogP contribution in [0.1, 0.15) is 36.7 Å². The summed E-state index contributed by atoms with van der Waals surface area (Å²) in [6.45, 7) is 7.19. The number of hydrogen-bond donors (Lipinski definition) is 2. The Morgan fingerprint density at radius 3 is 2.68 bits per heavy atom. The highest BCUT2D eigenvalue weighted by Gasteiger charge is 2.34. The summed E-state index contributed by atoms with van der Waals surface area (Å²) in [7, 11) is 1.52. The van der Waals surface area contributed by atoms with Crippen LogP contribution >= 0.6 is 0 Å². The Hall–Kier alpha value is -3.29. The molecule has 2 atom stereocenters. The van der Waals surface area contributed by atoms with Crippen LogP contribution in [0.3, 0.4) is 0 Å². The molecule has 8 nitrogen and oxygen atoms in total. The molecule has 1 aromatic carbocycles. The first-order valence-corrected chi connectivity index (χ1v) is 10.5. The van der Waals surface area contributed by atoms with E-state index < -0.39 is 12.2 Å². The molecule has 1 aromatic heterocycles. The number of fused-ring (bicyclic) bond motifs is 1. The predicted octanol–water partition coefficient (Wildman–Crippen LogP) is 3.55. The van der Waals surface area contributed by atoms with Crippen molar-refractivity contribution in [1.29, 1.82) is 0 Å². The number of carbonyl (C=O) groups excluding carboxylic acids is 1. The quantitative estimate of drug-likeness (QED) is 0.734. The van der Waals surface area contributed by atoms with E-state index in [1.54, 1.807) is 18.5 Å². The zero-order valence-corrected chi connectivity index (χ0v) is 18.4. The topological polar surface area (TPSA) is 95.0 Å². The van der Waals surface area contributed by atoms with Crippen molar-refractivity contribution < 1.29 is 19.4 Å². The first kappa shape index (κ1) is 22.4. The van der Waals surface area contributed by atoms with Crippen LogP contribution in [-0.4, -0.2) is 64.2 Å². The van der Waals surface area contributed by atoms with Gasteiger partial charge >= 0.3 is 6.09 Å². The van der Waals surface area contributed by atoms with Gasteiger partial charge in [-0.05, 0) is 43.7 Å². The highest BCUT2D eigenvalue weighted by Crippen LogP contribution is 2.35. The number of anilines is 1. The largest absolute Gasteiger partial charge is 0.485 e. The average Bonchev–Trinajstić information content (AvgIpc) is 2.75. The van der Waals surface area contributed by atoms with Crippen LogP contribution < -0.4 is 10.1 Å². The Labute approximate surface area is 182 Å². The molecule has 0 saturated heterocycles. The number of nitrogens with zero attached hydrogens (tertiary/aromatic N) is 3. The molecular weight excluding hydrogens is 396 g/mol. The van der Waals surface area contributed by atoms with E-state index in [9.17, 15) is 14.7 Å². The first-order chi connectivity index (χ1) is 14.8. The fourth-order valence-corrected chi connectivity index (χ4v) is 3.61. The number of nitrogens with one attached hydrogen (secondary N) is 1. The lowest BCUT2D eigenvalue weighted by Gasteiger charge is -2.38. The summed E-state index contributed by atoms with van der Waals surface area (Å²) in [4.78, 5) is 31.8. The number of benzene rings is 1. The number of aromatic nitrogens is 1. The third kappa shape index (κ3) is 5.25. The summed E-state index contributed by atoms with van der Waals surface area (Å²) in [5.74, 6) is 0.312. The van der Waals surface area contributed by atoms with Crippen molar-refractivity contribution >= 4 is 17.7 Å². The van der Waals surface area contributed by atoms with Crippen LogP contribution in [0.2, 0.25) is 0 Å². The Morgan fingerprint density at radius 1 is 1.32 bits per heavy atom. The van der Waals surface area contributed by atoms with Gasteiger partial charge in [-0.1, -0.05) is 13.0 Å². The van der Waals surface area contributed by atoms with E-state index in [0.29, 0.717) is 30.1 Å². The Balaban J connectivity index is 1.98. The average molecular weight is 427 g/mol. The SMILES string of the molecule is CC(C)N1C[C@H](C)[C@@H](CN(C)C(=O)O)Oc2c(NCc3ccncc3)cccc2C1=O. The van der Waals surface area contributed by atoms with E-state index in [0.717, 1.165) is 5.56 Å². The van der Waals surface area contributed by atoms with Gasteiger partial charge in [-0.3, -0.25) is 9.78 Å². The van der Waals surface area contributed by atoms with Crippen LogP contribution in [0.15, 0.2) is 42.7 Å². The molecule has 8 heteroatoms. The molecule has 2 N–H and O–H groups in total. The van der Waals surface area contributed by atoms with Crippen molar-refractivity contribution in [2.45, 2.75) is 39.5 Å². The van der Waals surface area contributed by atoms with Crippen molar-refractivity contribution in [3.8, 4) is 5.75 Å². The number of likely N-dealkylation sites (N-methyl/N-ethyl adjacent to an activating group) is 1. The molecule has 2 aromatic rings. The molecule has 0 radical (unpaired) electrons. The minimum Gasteiger partial charge on any atom is -0.485 e. The molecule has 0 bridgehead atoms. The number of pyridine rings is 1. The molecule has 0 spiro atoms. The number of carbonyl (C=O) groups is 2. The highest BCUT2D eigenvalue weighted by molar-refractivity contribution is 5.99. The maximum Gasteiger partial charge on any atom is 0.407 e. The molecule has 0 aliphatic carbocycles.